The van der Waals surface area contributed by atoms with E-state index in [9.17, 15) is 9.59 Å². The van der Waals surface area contributed by atoms with Gasteiger partial charge in [0.25, 0.3) is 0 Å². The van der Waals surface area contributed by atoms with Gasteiger partial charge in [-0.1, -0.05) is 18.2 Å². The predicted octanol–water partition coefficient (Wildman–Crippen LogP) is 1.95. The Balaban J connectivity index is 1.95. The number of nitrogens with zero attached hydrogens (tertiary/aromatic N) is 1. The van der Waals surface area contributed by atoms with E-state index in [1.807, 2.05) is 18.2 Å². The van der Waals surface area contributed by atoms with Gasteiger partial charge in [-0.05, 0) is 24.3 Å². The lowest BCUT2D eigenvalue weighted by Crippen LogP contribution is -2.39. The molecule has 5 heteroatoms. The molecule has 0 spiro atoms. The van der Waals surface area contributed by atoms with Crippen molar-refractivity contribution in [2.45, 2.75) is 13.5 Å². The molecule has 2 rings (SSSR count). The number of benzene rings is 1. The molecule has 1 aromatic carbocycles. The molecule has 0 aliphatic heterocycles. The molecule has 0 saturated carbocycles. The van der Waals surface area contributed by atoms with Crippen LogP contribution in [0.25, 0.3) is 0 Å². The van der Waals surface area contributed by atoms with Gasteiger partial charge in [-0.3, -0.25) is 9.59 Å². The largest absolute Gasteiger partial charge is 0.467 e. The molecule has 20 heavy (non-hydrogen) atoms. The highest BCUT2D eigenvalue weighted by atomic mass is 16.3. The molecule has 5 nitrogen and oxygen atoms in total. The van der Waals surface area contributed by atoms with Crippen LogP contribution >= 0.6 is 0 Å². The molecule has 104 valence electrons. The Hall–Kier alpha value is -2.56. The summed E-state index contributed by atoms with van der Waals surface area (Å²) in [5, 5.41) is 2.71. The molecule has 1 aromatic heterocycles. The van der Waals surface area contributed by atoms with Crippen LogP contribution in [-0.4, -0.2) is 18.4 Å². The van der Waals surface area contributed by atoms with Crippen molar-refractivity contribution in [3.8, 4) is 0 Å². The van der Waals surface area contributed by atoms with Gasteiger partial charge in [0.1, 0.15) is 12.3 Å². The number of carbonyl (C=O) groups is 2. The van der Waals surface area contributed by atoms with E-state index in [1.165, 1.54) is 11.8 Å². The van der Waals surface area contributed by atoms with Crippen molar-refractivity contribution in [2.75, 3.05) is 11.4 Å². The van der Waals surface area contributed by atoms with Gasteiger partial charge in [-0.2, -0.15) is 0 Å². The molecule has 2 amide bonds. The average Bonchev–Trinajstić information content (AvgIpc) is 2.96. The summed E-state index contributed by atoms with van der Waals surface area (Å²) >= 11 is 0. The summed E-state index contributed by atoms with van der Waals surface area (Å²) in [4.78, 5) is 24.9. The fraction of sp³-hybridized carbons (Fsp3) is 0.200. The van der Waals surface area contributed by atoms with Gasteiger partial charge in [0.15, 0.2) is 0 Å². The summed E-state index contributed by atoms with van der Waals surface area (Å²) in [5.41, 5.74) is 0.702. The van der Waals surface area contributed by atoms with Gasteiger partial charge < -0.3 is 14.6 Å². The fourth-order valence-corrected chi connectivity index (χ4v) is 1.79. The molecule has 0 radical (unpaired) electrons. The van der Waals surface area contributed by atoms with Crippen LogP contribution in [0.15, 0.2) is 53.1 Å². The highest BCUT2D eigenvalue weighted by Gasteiger charge is 2.15. The molecule has 0 aliphatic carbocycles. The highest BCUT2D eigenvalue weighted by Crippen LogP contribution is 2.12. The van der Waals surface area contributed by atoms with Crippen LogP contribution in [0.2, 0.25) is 0 Å². The van der Waals surface area contributed by atoms with Gasteiger partial charge in [0.05, 0.1) is 12.8 Å². The van der Waals surface area contributed by atoms with Crippen LogP contribution in [0.4, 0.5) is 5.69 Å². The molecule has 0 unspecified atom stereocenters. The zero-order chi connectivity index (χ0) is 14.4. The van der Waals surface area contributed by atoms with Crippen molar-refractivity contribution in [3.05, 3.63) is 54.5 Å². The third-order valence-corrected chi connectivity index (χ3v) is 2.79. The molecule has 0 aliphatic rings. The summed E-state index contributed by atoms with van der Waals surface area (Å²) in [6.07, 6.45) is 1.55. The van der Waals surface area contributed by atoms with E-state index < -0.39 is 0 Å². The van der Waals surface area contributed by atoms with Crippen LogP contribution in [0.3, 0.4) is 0 Å². The van der Waals surface area contributed by atoms with Gasteiger partial charge in [0, 0.05) is 12.6 Å². The minimum atomic E-state index is -0.236. The zero-order valence-corrected chi connectivity index (χ0v) is 11.2. The van der Waals surface area contributed by atoms with E-state index in [0.717, 1.165) is 0 Å². The number of furan rings is 1. The molecule has 0 fully saturated rings. The molecular weight excluding hydrogens is 256 g/mol. The van der Waals surface area contributed by atoms with Crippen LogP contribution in [0.1, 0.15) is 12.7 Å². The second-order valence-corrected chi connectivity index (χ2v) is 4.30. The molecule has 2 aromatic rings. The van der Waals surface area contributed by atoms with E-state index in [-0.39, 0.29) is 18.4 Å². The number of hydrogen-bond donors (Lipinski definition) is 1. The Kier molecular flexibility index (Phi) is 4.55. The minimum Gasteiger partial charge on any atom is -0.467 e. The summed E-state index contributed by atoms with van der Waals surface area (Å²) in [6, 6.07) is 12.6. The Morgan fingerprint density at radius 1 is 1.15 bits per heavy atom. The molecule has 1 heterocycles. The Morgan fingerprint density at radius 3 is 2.50 bits per heavy atom. The van der Waals surface area contributed by atoms with E-state index in [0.29, 0.717) is 18.0 Å². The topological polar surface area (TPSA) is 62.6 Å². The van der Waals surface area contributed by atoms with Gasteiger partial charge in [-0.25, -0.2) is 0 Å². The van der Waals surface area contributed by atoms with E-state index in [1.54, 1.807) is 30.5 Å². The first-order valence-electron chi connectivity index (χ1n) is 6.29. The van der Waals surface area contributed by atoms with Gasteiger partial charge in [0.2, 0.25) is 11.8 Å². The van der Waals surface area contributed by atoms with Crippen molar-refractivity contribution in [2.24, 2.45) is 0 Å². The van der Waals surface area contributed by atoms with E-state index in [4.69, 9.17) is 4.42 Å². The standard InChI is InChI=1S/C15H16N2O3/c1-12(18)17(13-6-3-2-4-7-13)11-15(19)16-10-14-8-5-9-20-14/h2-9H,10-11H2,1H3,(H,16,19). The lowest BCUT2D eigenvalue weighted by atomic mass is 10.3. The Morgan fingerprint density at radius 2 is 1.90 bits per heavy atom. The lowest BCUT2D eigenvalue weighted by Gasteiger charge is -2.20. The number of para-hydroxylation sites is 1. The van der Waals surface area contributed by atoms with Crippen LogP contribution in [0.5, 0.6) is 0 Å². The minimum absolute atomic E-state index is 0.0138. The van der Waals surface area contributed by atoms with Crippen molar-refractivity contribution in [3.63, 3.8) is 0 Å². The second-order valence-electron chi connectivity index (χ2n) is 4.30. The molecule has 1 N–H and O–H groups in total. The van der Waals surface area contributed by atoms with Gasteiger partial charge >= 0.3 is 0 Å². The quantitative estimate of drug-likeness (QED) is 0.905. The third kappa shape index (κ3) is 3.71. The van der Waals surface area contributed by atoms with Crippen molar-refractivity contribution < 1.29 is 14.0 Å². The number of hydrogen-bond acceptors (Lipinski definition) is 3. The summed E-state index contributed by atoms with van der Waals surface area (Å²) < 4.78 is 5.13. The normalized spacial score (nSPS) is 10.1. The van der Waals surface area contributed by atoms with Crippen LogP contribution in [-0.2, 0) is 16.1 Å². The first-order chi connectivity index (χ1) is 9.66. The summed E-state index contributed by atoms with van der Waals surface area (Å²) in [7, 11) is 0. The Bertz CT molecular complexity index is 564. The third-order valence-electron chi connectivity index (χ3n) is 2.79. The van der Waals surface area contributed by atoms with Crippen LogP contribution < -0.4 is 10.2 Å². The lowest BCUT2D eigenvalue weighted by molar-refractivity contribution is -0.123. The van der Waals surface area contributed by atoms with E-state index in [2.05, 4.69) is 5.32 Å². The number of amides is 2. The van der Waals surface area contributed by atoms with Crippen molar-refractivity contribution >= 4 is 17.5 Å². The number of rotatable bonds is 5. The zero-order valence-electron chi connectivity index (χ0n) is 11.2. The highest BCUT2D eigenvalue weighted by molar-refractivity contribution is 5.97. The maximum atomic E-state index is 11.9. The maximum absolute atomic E-state index is 11.9. The second kappa shape index (κ2) is 6.56. The molecule has 0 saturated heterocycles. The first-order valence-corrected chi connectivity index (χ1v) is 6.29. The summed E-state index contributed by atoms with van der Waals surface area (Å²) in [6.45, 7) is 1.74. The van der Waals surface area contributed by atoms with Gasteiger partial charge in [-0.15, -0.1) is 0 Å². The monoisotopic (exact) mass is 272 g/mol. The summed E-state index contributed by atoms with van der Waals surface area (Å²) in [5.74, 6) is 0.261. The van der Waals surface area contributed by atoms with E-state index >= 15 is 0 Å². The predicted molar refractivity (Wildman–Crippen MR) is 75.0 cm³/mol. The SMILES string of the molecule is CC(=O)N(CC(=O)NCc1ccco1)c1ccccc1. The number of nitrogens with one attached hydrogen (secondary N) is 1. The molecule has 0 atom stereocenters. The van der Waals surface area contributed by atoms with Crippen molar-refractivity contribution in [1.29, 1.82) is 0 Å². The fourth-order valence-electron chi connectivity index (χ4n) is 1.79. The smallest absolute Gasteiger partial charge is 0.240 e. The molecular formula is C15H16N2O3. The average molecular weight is 272 g/mol. The molecule has 0 bridgehead atoms. The maximum Gasteiger partial charge on any atom is 0.240 e. The van der Waals surface area contributed by atoms with Crippen LogP contribution in [0, 0.1) is 0 Å². The number of carbonyl (C=O) groups excluding carboxylic acids is 2. The van der Waals surface area contributed by atoms with Crippen molar-refractivity contribution in [1.82, 2.24) is 5.32 Å². The number of anilines is 1. The Labute approximate surface area is 117 Å². The first kappa shape index (κ1) is 13.9.